The number of benzene rings is 2. The Bertz CT molecular complexity index is 1260. The van der Waals surface area contributed by atoms with Crippen molar-refractivity contribution in [3.63, 3.8) is 0 Å². The molecule has 4 nitrogen and oxygen atoms in total. The zero-order valence-corrected chi connectivity index (χ0v) is 18.0. The van der Waals surface area contributed by atoms with Crippen LogP contribution in [0.15, 0.2) is 66.7 Å². The SMILES string of the molecule is CCOC(=O)c1c2ccccc(-c3cccc4ccccc34)c-2c(C(=O)OCC)c1Cl. The minimum absolute atomic E-state index is 0.0552. The maximum absolute atomic E-state index is 13.0. The van der Waals surface area contributed by atoms with Crippen LogP contribution in [0.25, 0.3) is 33.0 Å². The first-order chi connectivity index (χ1) is 15.1. The topological polar surface area (TPSA) is 52.6 Å². The number of carbonyl (C=O) groups is 2. The number of carbonyl (C=O) groups excluding carboxylic acids is 2. The van der Waals surface area contributed by atoms with Crippen LogP contribution in [0.5, 0.6) is 0 Å². The maximum Gasteiger partial charge on any atom is 0.340 e. The zero-order valence-electron chi connectivity index (χ0n) is 17.3. The van der Waals surface area contributed by atoms with Gasteiger partial charge in [0.05, 0.1) is 29.4 Å². The van der Waals surface area contributed by atoms with Crippen molar-refractivity contribution in [2.24, 2.45) is 0 Å². The second-order valence-corrected chi connectivity index (χ2v) is 7.33. The summed E-state index contributed by atoms with van der Waals surface area (Å²) in [7, 11) is 0. The van der Waals surface area contributed by atoms with Crippen LogP contribution < -0.4 is 0 Å². The molecule has 0 bridgehead atoms. The van der Waals surface area contributed by atoms with Gasteiger partial charge in [-0.3, -0.25) is 0 Å². The Balaban J connectivity index is 2.10. The largest absolute Gasteiger partial charge is 0.462 e. The predicted molar refractivity (Wildman–Crippen MR) is 123 cm³/mol. The molecule has 0 spiro atoms. The summed E-state index contributed by atoms with van der Waals surface area (Å²) in [6, 6.07) is 21.4. The molecule has 0 fully saturated rings. The molecule has 2 aliphatic rings. The Morgan fingerprint density at radius 3 is 1.97 bits per heavy atom. The molecule has 0 saturated carbocycles. The second kappa shape index (κ2) is 8.78. The minimum Gasteiger partial charge on any atom is -0.462 e. The lowest BCUT2D eigenvalue weighted by molar-refractivity contribution is 0.0525. The first-order valence-corrected chi connectivity index (χ1v) is 10.5. The van der Waals surface area contributed by atoms with Gasteiger partial charge in [0.2, 0.25) is 0 Å². The van der Waals surface area contributed by atoms with E-state index in [9.17, 15) is 9.59 Å². The van der Waals surface area contributed by atoms with E-state index in [1.165, 1.54) is 0 Å². The van der Waals surface area contributed by atoms with Gasteiger partial charge in [-0.2, -0.15) is 0 Å². The van der Waals surface area contributed by atoms with Crippen LogP contribution in [0.1, 0.15) is 34.6 Å². The molecule has 0 aliphatic heterocycles. The highest BCUT2D eigenvalue weighted by molar-refractivity contribution is 6.39. The van der Waals surface area contributed by atoms with Gasteiger partial charge in [-0.05, 0) is 41.3 Å². The molecule has 0 N–H and O–H groups in total. The van der Waals surface area contributed by atoms with Crippen molar-refractivity contribution >= 4 is 34.3 Å². The van der Waals surface area contributed by atoms with Gasteiger partial charge in [0.1, 0.15) is 0 Å². The molecule has 2 aromatic carbocycles. The van der Waals surface area contributed by atoms with E-state index in [2.05, 4.69) is 0 Å². The molecule has 0 saturated heterocycles. The summed E-state index contributed by atoms with van der Waals surface area (Å²) >= 11 is 6.63. The summed E-state index contributed by atoms with van der Waals surface area (Å²) in [5.41, 5.74) is 3.21. The summed E-state index contributed by atoms with van der Waals surface area (Å²) in [6.45, 7) is 3.85. The summed E-state index contributed by atoms with van der Waals surface area (Å²) in [4.78, 5) is 25.7. The Labute approximate surface area is 185 Å². The summed E-state index contributed by atoms with van der Waals surface area (Å²) in [5.74, 6) is -1.14. The van der Waals surface area contributed by atoms with Crippen molar-refractivity contribution < 1.29 is 19.1 Å². The van der Waals surface area contributed by atoms with E-state index in [4.69, 9.17) is 21.1 Å². The van der Waals surface area contributed by atoms with Crippen LogP contribution >= 0.6 is 11.6 Å². The molecule has 0 unspecified atom stereocenters. The predicted octanol–water partition coefficient (Wildman–Crippen LogP) is 6.62. The van der Waals surface area contributed by atoms with Crippen LogP contribution in [0.4, 0.5) is 0 Å². The molecule has 2 aromatic rings. The Morgan fingerprint density at radius 2 is 1.26 bits per heavy atom. The van der Waals surface area contributed by atoms with Crippen molar-refractivity contribution in [1.82, 2.24) is 0 Å². The normalized spacial score (nSPS) is 10.9. The lowest BCUT2D eigenvalue weighted by Gasteiger charge is -2.11. The van der Waals surface area contributed by atoms with E-state index in [0.717, 1.165) is 21.9 Å². The third-order valence-corrected chi connectivity index (χ3v) is 5.55. The lowest BCUT2D eigenvalue weighted by Crippen LogP contribution is -2.06. The lowest BCUT2D eigenvalue weighted by atomic mass is 9.93. The fourth-order valence-corrected chi connectivity index (χ4v) is 4.28. The standard InChI is InChI=1S/C26H21ClO4/c1-3-30-25(28)22-20-14-8-7-13-19(21(20)23(24(22)27)26(29)31-4-2)18-15-9-11-16-10-5-6-12-17(16)18/h5-15H,3-4H2,1-2H3. The van der Waals surface area contributed by atoms with Crippen molar-refractivity contribution in [2.45, 2.75) is 13.8 Å². The van der Waals surface area contributed by atoms with Gasteiger partial charge >= 0.3 is 11.9 Å². The third-order valence-electron chi connectivity index (χ3n) is 5.17. The average molecular weight is 433 g/mol. The van der Waals surface area contributed by atoms with Crippen LogP contribution in [-0.4, -0.2) is 25.2 Å². The highest BCUT2D eigenvalue weighted by atomic mass is 35.5. The zero-order chi connectivity index (χ0) is 22.0. The molecular formula is C26H21ClO4. The smallest absolute Gasteiger partial charge is 0.340 e. The fraction of sp³-hybridized carbons (Fsp3) is 0.154. The van der Waals surface area contributed by atoms with E-state index < -0.39 is 11.9 Å². The number of fused-ring (bicyclic) bond motifs is 2. The summed E-state index contributed by atoms with van der Waals surface area (Å²) in [6.07, 6.45) is 0. The Hall–Kier alpha value is -3.37. The van der Waals surface area contributed by atoms with Crippen molar-refractivity contribution in [2.75, 3.05) is 13.2 Å². The van der Waals surface area contributed by atoms with E-state index in [1.54, 1.807) is 19.9 Å². The molecule has 0 aromatic heterocycles. The molecule has 0 radical (unpaired) electrons. The van der Waals surface area contributed by atoms with E-state index in [1.807, 2.05) is 60.7 Å². The summed E-state index contributed by atoms with van der Waals surface area (Å²) < 4.78 is 10.5. The molecule has 2 aliphatic carbocycles. The van der Waals surface area contributed by atoms with Crippen LogP contribution in [0.3, 0.4) is 0 Å². The molecule has 4 rings (SSSR count). The first kappa shape index (κ1) is 20.9. The first-order valence-electron chi connectivity index (χ1n) is 10.1. The van der Waals surface area contributed by atoms with Crippen molar-refractivity contribution in [3.05, 3.63) is 82.9 Å². The maximum atomic E-state index is 13.0. The van der Waals surface area contributed by atoms with Crippen LogP contribution in [0, 0.1) is 0 Å². The molecule has 31 heavy (non-hydrogen) atoms. The van der Waals surface area contributed by atoms with Gasteiger partial charge in [-0.1, -0.05) is 78.3 Å². The van der Waals surface area contributed by atoms with Gasteiger partial charge < -0.3 is 9.47 Å². The number of esters is 2. The Kier molecular flexibility index (Phi) is 5.92. The number of hydrogen-bond donors (Lipinski definition) is 0. The molecule has 156 valence electrons. The van der Waals surface area contributed by atoms with Crippen LogP contribution in [0.2, 0.25) is 5.02 Å². The fourth-order valence-electron chi connectivity index (χ4n) is 3.93. The molecular weight excluding hydrogens is 412 g/mol. The second-order valence-electron chi connectivity index (χ2n) is 6.95. The van der Waals surface area contributed by atoms with Gasteiger partial charge in [-0.15, -0.1) is 0 Å². The highest BCUT2D eigenvalue weighted by Crippen LogP contribution is 2.46. The van der Waals surface area contributed by atoms with Crippen LogP contribution in [-0.2, 0) is 9.47 Å². The molecule has 5 heteroatoms. The highest BCUT2D eigenvalue weighted by Gasteiger charge is 2.33. The third kappa shape index (κ3) is 3.64. The number of ether oxygens (including phenoxy) is 2. The van der Waals surface area contributed by atoms with E-state index in [0.29, 0.717) is 11.1 Å². The average Bonchev–Trinajstić information content (AvgIpc) is 2.90. The monoisotopic (exact) mass is 432 g/mol. The molecule has 0 heterocycles. The van der Waals surface area contributed by atoms with E-state index >= 15 is 0 Å². The minimum atomic E-state index is -0.569. The number of halogens is 1. The molecule has 0 atom stereocenters. The Morgan fingerprint density at radius 1 is 0.710 bits per heavy atom. The van der Waals surface area contributed by atoms with Gasteiger partial charge in [0.25, 0.3) is 0 Å². The molecule has 0 amide bonds. The summed E-state index contributed by atoms with van der Waals surface area (Å²) in [5, 5.41) is 2.16. The number of hydrogen-bond acceptors (Lipinski definition) is 4. The van der Waals surface area contributed by atoms with Gasteiger partial charge in [0.15, 0.2) is 0 Å². The van der Waals surface area contributed by atoms with Gasteiger partial charge in [-0.25, -0.2) is 9.59 Å². The van der Waals surface area contributed by atoms with Gasteiger partial charge in [0, 0.05) is 5.56 Å². The number of rotatable bonds is 5. The van der Waals surface area contributed by atoms with Crippen molar-refractivity contribution in [3.8, 4) is 22.3 Å². The van der Waals surface area contributed by atoms with E-state index in [-0.39, 0.29) is 29.4 Å². The quantitative estimate of drug-likeness (QED) is 0.332. The van der Waals surface area contributed by atoms with Crippen molar-refractivity contribution in [1.29, 1.82) is 0 Å².